The molecular weight excluding hydrogens is 362 g/mol. The number of carbonyl (C=O) groups is 1. The molecule has 2 rings (SSSR count). The van der Waals surface area contributed by atoms with Crippen molar-refractivity contribution >= 4 is 21.6 Å². The maximum absolute atomic E-state index is 12.8. The molecule has 1 N–H and O–H groups in total. The van der Waals surface area contributed by atoms with E-state index in [9.17, 15) is 13.2 Å². The Kier molecular flexibility index (Phi) is 6.37. The number of amides is 1. The van der Waals surface area contributed by atoms with Gasteiger partial charge in [0.05, 0.1) is 16.5 Å². The molecule has 0 aliphatic heterocycles. The SMILES string of the molecule is CCN(CC)S(=O)(=O)c1cc(C)c(C)c(NC(=O)c2ccc(C#N)cc2)c1. The lowest BCUT2D eigenvalue weighted by molar-refractivity contribution is 0.102. The van der Waals surface area contributed by atoms with Gasteiger partial charge in [-0.25, -0.2) is 8.42 Å². The zero-order valence-electron chi connectivity index (χ0n) is 15.9. The fourth-order valence-electron chi connectivity index (χ4n) is 2.71. The highest BCUT2D eigenvalue weighted by molar-refractivity contribution is 7.89. The van der Waals surface area contributed by atoms with E-state index in [-0.39, 0.29) is 10.8 Å². The number of nitriles is 1. The number of hydrogen-bond acceptors (Lipinski definition) is 4. The molecule has 142 valence electrons. The van der Waals surface area contributed by atoms with Crippen LogP contribution in [0, 0.1) is 25.2 Å². The van der Waals surface area contributed by atoms with E-state index in [1.54, 1.807) is 44.2 Å². The molecule has 0 atom stereocenters. The molecule has 7 heteroatoms. The Balaban J connectivity index is 2.41. The van der Waals surface area contributed by atoms with Crippen molar-refractivity contribution in [2.45, 2.75) is 32.6 Å². The van der Waals surface area contributed by atoms with Crippen LogP contribution in [0.3, 0.4) is 0 Å². The molecule has 2 aromatic carbocycles. The van der Waals surface area contributed by atoms with Crippen molar-refractivity contribution in [2.75, 3.05) is 18.4 Å². The highest BCUT2D eigenvalue weighted by Crippen LogP contribution is 2.26. The first-order chi connectivity index (χ1) is 12.7. The summed E-state index contributed by atoms with van der Waals surface area (Å²) in [5.41, 5.74) is 2.89. The molecule has 2 aromatic rings. The quantitative estimate of drug-likeness (QED) is 0.824. The smallest absolute Gasteiger partial charge is 0.255 e. The van der Waals surface area contributed by atoms with Crippen LogP contribution in [0.4, 0.5) is 5.69 Å². The summed E-state index contributed by atoms with van der Waals surface area (Å²) >= 11 is 0. The van der Waals surface area contributed by atoms with Crippen molar-refractivity contribution in [3.05, 3.63) is 58.7 Å². The first-order valence-electron chi connectivity index (χ1n) is 8.67. The Morgan fingerprint density at radius 1 is 1.11 bits per heavy atom. The van der Waals surface area contributed by atoms with Crippen LogP contribution in [0.15, 0.2) is 41.3 Å². The van der Waals surface area contributed by atoms with Gasteiger partial charge in [-0.1, -0.05) is 13.8 Å². The molecule has 0 saturated heterocycles. The Labute approximate surface area is 160 Å². The van der Waals surface area contributed by atoms with E-state index in [2.05, 4.69) is 5.32 Å². The summed E-state index contributed by atoms with van der Waals surface area (Å²) < 4.78 is 27.0. The largest absolute Gasteiger partial charge is 0.322 e. The molecule has 0 unspecified atom stereocenters. The molecule has 0 spiro atoms. The molecule has 0 heterocycles. The van der Waals surface area contributed by atoms with Crippen LogP contribution in [0.5, 0.6) is 0 Å². The first-order valence-corrected chi connectivity index (χ1v) is 10.1. The number of carbonyl (C=O) groups excluding carboxylic acids is 1. The van der Waals surface area contributed by atoms with Crippen molar-refractivity contribution < 1.29 is 13.2 Å². The molecule has 0 aliphatic carbocycles. The zero-order valence-corrected chi connectivity index (χ0v) is 16.7. The molecule has 0 aliphatic rings. The first kappa shape index (κ1) is 20.6. The number of hydrogen-bond donors (Lipinski definition) is 1. The number of anilines is 1. The lowest BCUT2D eigenvalue weighted by Gasteiger charge is -2.20. The Bertz CT molecular complexity index is 986. The summed E-state index contributed by atoms with van der Waals surface area (Å²) in [5, 5.41) is 11.6. The van der Waals surface area contributed by atoms with Gasteiger partial charge in [-0.05, 0) is 61.4 Å². The third kappa shape index (κ3) is 4.35. The Hall–Kier alpha value is -2.69. The summed E-state index contributed by atoms with van der Waals surface area (Å²) in [6, 6.07) is 11.4. The molecule has 6 nitrogen and oxygen atoms in total. The molecule has 0 bridgehead atoms. The zero-order chi connectivity index (χ0) is 20.2. The normalized spacial score (nSPS) is 11.3. The lowest BCUT2D eigenvalue weighted by atomic mass is 10.1. The van der Waals surface area contributed by atoms with Gasteiger partial charge in [-0.3, -0.25) is 4.79 Å². The van der Waals surface area contributed by atoms with Crippen LogP contribution in [-0.4, -0.2) is 31.7 Å². The monoisotopic (exact) mass is 385 g/mol. The van der Waals surface area contributed by atoms with E-state index in [1.165, 1.54) is 10.4 Å². The average molecular weight is 385 g/mol. The van der Waals surface area contributed by atoms with E-state index >= 15 is 0 Å². The van der Waals surface area contributed by atoms with Gasteiger partial charge in [-0.15, -0.1) is 0 Å². The Morgan fingerprint density at radius 2 is 1.70 bits per heavy atom. The number of benzene rings is 2. The van der Waals surface area contributed by atoms with Crippen molar-refractivity contribution in [1.29, 1.82) is 5.26 Å². The maximum atomic E-state index is 12.8. The topological polar surface area (TPSA) is 90.3 Å². The van der Waals surface area contributed by atoms with E-state index in [0.717, 1.165) is 11.1 Å². The second-order valence-electron chi connectivity index (χ2n) is 6.15. The third-order valence-electron chi connectivity index (χ3n) is 4.51. The molecule has 1 amide bonds. The standard InChI is InChI=1S/C20H23N3O3S/c1-5-23(6-2)27(25,26)18-11-14(3)15(4)19(12-18)22-20(24)17-9-7-16(13-21)8-10-17/h7-12H,5-6H2,1-4H3,(H,22,24). The molecule has 27 heavy (non-hydrogen) atoms. The number of sulfonamides is 1. The minimum Gasteiger partial charge on any atom is -0.322 e. The number of nitrogens with zero attached hydrogens (tertiary/aromatic N) is 2. The van der Waals surface area contributed by atoms with Crippen molar-refractivity contribution in [1.82, 2.24) is 4.31 Å². The number of aryl methyl sites for hydroxylation is 1. The summed E-state index contributed by atoms with van der Waals surface area (Å²) in [5.74, 6) is -0.362. The van der Waals surface area contributed by atoms with E-state index in [4.69, 9.17) is 5.26 Å². The van der Waals surface area contributed by atoms with E-state index < -0.39 is 10.0 Å². The fourth-order valence-corrected chi connectivity index (χ4v) is 4.28. The third-order valence-corrected chi connectivity index (χ3v) is 6.54. The predicted octanol–water partition coefficient (Wildman–Crippen LogP) is 3.46. The van der Waals surface area contributed by atoms with Gasteiger partial charge in [0.25, 0.3) is 5.91 Å². The van der Waals surface area contributed by atoms with Crippen molar-refractivity contribution in [2.24, 2.45) is 0 Å². The molecule has 0 aromatic heterocycles. The number of nitrogens with one attached hydrogen (secondary N) is 1. The van der Waals surface area contributed by atoms with Gasteiger partial charge >= 0.3 is 0 Å². The molecule has 0 saturated carbocycles. The van der Waals surface area contributed by atoms with Crippen molar-refractivity contribution in [3.8, 4) is 6.07 Å². The Morgan fingerprint density at radius 3 is 2.22 bits per heavy atom. The fraction of sp³-hybridized carbons (Fsp3) is 0.300. The van der Waals surface area contributed by atoms with Gasteiger partial charge in [0.2, 0.25) is 10.0 Å². The number of rotatable bonds is 6. The van der Waals surface area contributed by atoms with Gasteiger partial charge in [0, 0.05) is 24.3 Å². The van der Waals surface area contributed by atoms with Crippen LogP contribution in [-0.2, 0) is 10.0 Å². The minimum atomic E-state index is -3.63. The van der Waals surface area contributed by atoms with Crippen LogP contribution in [0.25, 0.3) is 0 Å². The van der Waals surface area contributed by atoms with Gasteiger partial charge < -0.3 is 5.32 Å². The second kappa shape index (κ2) is 8.33. The summed E-state index contributed by atoms with van der Waals surface area (Å²) in [7, 11) is -3.63. The van der Waals surface area contributed by atoms with Crippen LogP contribution < -0.4 is 5.32 Å². The molecule has 0 fully saturated rings. The van der Waals surface area contributed by atoms with E-state index in [0.29, 0.717) is 29.9 Å². The summed E-state index contributed by atoms with van der Waals surface area (Å²) in [6.07, 6.45) is 0. The predicted molar refractivity (Wildman–Crippen MR) is 105 cm³/mol. The molecular formula is C20H23N3O3S. The summed E-state index contributed by atoms with van der Waals surface area (Å²) in [4.78, 5) is 12.7. The second-order valence-corrected chi connectivity index (χ2v) is 8.08. The van der Waals surface area contributed by atoms with Gasteiger partial charge in [-0.2, -0.15) is 9.57 Å². The maximum Gasteiger partial charge on any atom is 0.255 e. The average Bonchev–Trinajstić information content (AvgIpc) is 2.65. The van der Waals surface area contributed by atoms with Crippen LogP contribution in [0.1, 0.15) is 40.9 Å². The van der Waals surface area contributed by atoms with Crippen LogP contribution >= 0.6 is 0 Å². The van der Waals surface area contributed by atoms with Crippen molar-refractivity contribution in [3.63, 3.8) is 0 Å². The van der Waals surface area contributed by atoms with Gasteiger partial charge in [0.15, 0.2) is 0 Å². The minimum absolute atomic E-state index is 0.157. The highest BCUT2D eigenvalue weighted by atomic mass is 32.2. The summed E-state index contributed by atoms with van der Waals surface area (Å²) in [6.45, 7) is 7.97. The lowest BCUT2D eigenvalue weighted by Crippen LogP contribution is -2.30. The van der Waals surface area contributed by atoms with E-state index in [1.807, 2.05) is 19.9 Å². The highest BCUT2D eigenvalue weighted by Gasteiger charge is 2.23. The van der Waals surface area contributed by atoms with Gasteiger partial charge in [0.1, 0.15) is 0 Å². The molecule has 0 radical (unpaired) electrons. The van der Waals surface area contributed by atoms with Crippen LogP contribution in [0.2, 0.25) is 0 Å².